The van der Waals surface area contributed by atoms with Gasteiger partial charge in [-0.3, -0.25) is 0 Å². The number of pyridine rings is 1. The van der Waals surface area contributed by atoms with E-state index in [4.69, 9.17) is 4.98 Å². The van der Waals surface area contributed by atoms with Gasteiger partial charge in [0.15, 0.2) is 0 Å². The van der Waals surface area contributed by atoms with Gasteiger partial charge in [-0.1, -0.05) is 31.5 Å². The molecule has 17 heavy (non-hydrogen) atoms. The zero-order chi connectivity index (χ0) is 12.3. The SMILES string of the molecule is CCCc1cccc2cc(C)c(NCC)nc12. The Balaban J connectivity index is 2.58. The first-order chi connectivity index (χ1) is 8.26. The highest BCUT2D eigenvalue weighted by molar-refractivity contribution is 5.84. The minimum Gasteiger partial charge on any atom is -0.370 e. The first-order valence-corrected chi connectivity index (χ1v) is 6.39. The van der Waals surface area contributed by atoms with Crippen molar-refractivity contribution in [3.8, 4) is 0 Å². The predicted molar refractivity (Wildman–Crippen MR) is 74.6 cm³/mol. The summed E-state index contributed by atoms with van der Waals surface area (Å²) in [5.74, 6) is 1.02. The second-order valence-corrected chi connectivity index (χ2v) is 4.42. The summed E-state index contributed by atoms with van der Waals surface area (Å²) in [5, 5.41) is 4.57. The standard InChI is InChI=1S/C15H20N2/c1-4-7-12-8-6-9-13-10-11(3)15(16-5-2)17-14(12)13/h6,8-10H,4-5,7H2,1-3H3,(H,16,17). The van der Waals surface area contributed by atoms with Gasteiger partial charge in [-0.15, -0.1) is 0 Å². The third kappa shape index (κ3) is 2.41. The molecule has 0 unspecified atom stereocenters. The Labute approximate surface area is 103 Å². The van der Waals surface area contributed by atoms with E-state index in [1.807, 2.05) is 0 Å². The lowest BCUT2D eigenvalue weighted by atomic mass is 10.0. The maximum absolute atomic E-state index is 4.77. The fourth-order valence-electron chi connectivity index (χ4n) is 2.18. The van der Waals surface area contributed by atoms with Gasteiger partial charge in [-0.05, 0) is 37.5 Å². The van der Waals surface area contributed by atoms with Crippen molar-refractivity contribution < 1.29 is 0 Å². The maximum Gasteiger partial charge on any atom is 0.129 e. The smallest absolute Gasteiger partial charge is 0.129 e. The van der Waals surface area contributed by atoms with E-state index in [2.05, 4.69) is 50.4 Å². The van der Waals surface area contributed by atoms with Crippen molar-refractivity contribution in [1.29, 1.82) is 0 Å². The Morgan fingerprint density at radius 1 is 1.24 bits per heavy atom. The number of benzene rings is 1. The Hall–Kier alpha value is -1.57. The molecule has 0 saturated carbocycles. The maximum atomic E-state index is 4.77. The van der Waals surface area contributed by atoms with Gasteiger partial charge in [0.05, 0.1) is 5.52 Å². The summed E-state index contributed by atoms with van der Waals surface area (Å²) in [6, 6.07) is 8.68. The van der Waals surface area contributed by atoms with Crippen LogP contribution < -0.4 is 5.32 Å². The topological polar surface area (TPSA) is 24.9 Å². The highest BCUT2D eigenvalue weighted by Crippen LogP contribution is 2.23. The fraction of sp³-hybridized carbons (Fsp3) is 0.400. The highest BCUT2D eigenvalue weighted by Gasteiger charge is 2.05. The van der Waals surface area contributed by atoms with Crippen LogP contribution in [0, 0.1) is 6.92 Å². The number of anilines is 1. The molecule has 0 fully saturated rings. The van der Waals surface area contributed by atoms with Crippen molar-refractivity contribution in [2.75, 3.05) is 11.9 Å². The van der Waals surface area contributed by atoms with Crippen molar-refractivity contribution in [2.24, 2.45) is 0 Å². The van der Waals surface area contributed by atoms with Crippen molar-refractivity contribution in [1.82, 2.24) is 4.98 Å². The molecule has 2 rings (SSSR count). The molecule has 90 valence electrons. The third-order valence-electron chi connectivity index (χ3n) is 2.98. The molecule has 1 aromatic heterocycles. The zero-order valence-corrected chi connectivity index (χ0v) is 10.9. The minimum absolute atomic E-state index is 0.912. The average Bonchev–Trinajstić information content (AvgIpc) is 2.31. The van der Waals surface area contributed by atoms with E-state index < -0.39 is 0 Å². The summed E-state index contributed by atoms with van der Waals surface area (Å²) in [6.45, 7) is 7.33. The first kappa shape index (κ1) is 11.9. The van der Waals surface area contributed by atoms with Crippen LogP contribution in [0.4, 0.5) is 5.82 Å². The number of para-hydroxylation sites is 1. The lowest BCUT2D eigenvalue weighted by Gasteiger charge is -2.10. The van der Waals surface area contributed by atoms with Gasteiger partial charge in [-0.25, -0.2) is 4.98 Å². The van der Waals surface area contributed by atoms with Crippen molar-refractivity contribution in [3.05, 3.63) is 35.4 Å². The number of aryl methyl sites for hydroxylation is 2. The lowest BCUT2D eigenvalue weighted by Crippen LogP contribution is -2.02. The molecular weight excluding hydrogens is 208 g/mol. The number of hydrogen-bond acceptors (Lipinski definition) is 2. The molecule has 0 aliphatic rings. The van der Waals surface area contributed by atoms with Gasteiger partial charge < -0.3 is 5.32 Å². The average molecular weight is 228 g/mol. The second kappa shape index (κ2) is 5.17. The second-order valence-electron chi connectivity index (χ2n) is 4.42. The van der Waals surface area contributed by atoms with Crippen LogP contribution in [0.2, 0.25) is 0 Å². The summed E-state index contributed by atoms with van der Waals surface area (Å²) < 4.78 is 0. The molecule has 0 saturated heterocycles. The number of nitrogens with zero attached hydrogens (tertiary/aromatic N) is 1. The number of rotatable bonds is 4. The van der Waals surface area contributed by atoms with Gasteiger partial charge in [0.1, 0.15) is 5.82 Å². The molecule has 1 heterocycles. The molecule has 0 atom stereocenters. The van der Waals surface area contributed by atoms with Crippen LogP contribution in [0.15, 0.2) is 24.3 Å². The number of hydrogen-bond donors (Lipinski definition) is 1. The first-order valence-electron chi connectivity index (χ1n) is 6.39. The Bertz CT molecular complexity index is 518. The highest BCUT2D eigenvalue weighted by atomic mass is 15.0. The van der Waals surface area contributed by atoms with E-state index in [1.165, 1.54) is 16.5 Å². The van der Waals surface area contributed by atoms with E-state index in [1.54, 1.807) is 0 Å². The molecule has 1 aromatic carbocycles. The number of nitrogens with one attached hydrogen (secondary N) is 1. The van der Waals surface area contributed by atoms with Crippen molar-refractivity contribution in [3.63, 3.8) is 0 Å². The summed E-state index contributed by atoms with van der Waals surface area (Å²) in [6.07, 6.45) is 2.25. The van der Waals surface area contributed by atoms with Crippen LogP contribution in [0.1, 0.15) is 31.4 Å². The van der Waals surface area contributed by atoms with Crippen LogP contribution in [-0.4, -0.2) is 11.5 Å². The van der Waals surface area contributed by atoms with E-state index in [-0.39, 0.29) is 0 Å². The molecule has 0 bridgehead atoms. The normalized spacial score (nSPS) is 10.8. The Morgan fingerprint density at radius 2 is 2.06 bits per heavy atom. The zero-order valence-electron chi connectivity index (χ0n) is 10.9. The van der Waals surface area contributed by atoms with Crippen LogP contribution >= 0.6 is 0 Å². The van der Waals surface area contributed by atoms with Crippen LogP contribution in [0.5, 0.6) is 0 Å². The molecule has 0 amide bonds. The van der Waals surface area contributed by atoms with Gasteiger partial charge in [0.2, 0.25) is 0 Å². The largest absolute Gasteiger partial charge is 0.370 e. The van der Waals surface area contributed by atoms with E-state index in [0.717, 1.165) is 30.7 Å². The van der Waals surface area contributed by atoms with Crippen LogP contribution in [-0.2, 0) is 6.42 Å². The van der Waals surface area contributed by atoms with Gasteiger partial charge >= 0.3 is 0 Å². The van der Waals surface area contributed by atoms with Gasteiger partial charge in [0.25, 0.3) is 0 Å². The number of fused-ring (bicyclic) bond motifs is 1. The fourth-order valence-corrected chi connectivity index (χ4v) is 2.18. The van der Waals surface area contributed by atoms with E-state index in [0.29, 0.717) is 0 Å². The van der Waals surface area contributed by atoms with Crippen LogP contribution in [0.3, 0.4) is 0 Å². The summed E-state index contributed by atoms with van der Waals surface area (Å²) in [5.41, 5.74) is 3.72. The molecule has 2 heteroatoms. The lowest BCUT2D eigenvalue weighted by molar-refractivity contribution is 0.926. The monoisotopic (exact) mass is 228 g/mol. The van der Waals surface area contributed by atoms with Gasteiger partial charge in [0, 0.05) is 11.9 Å². The molecule has 2 aromatic rings. The Morgan fingerprint density at radius 3 is 2.76 bits per heavy atom. The molecule has 0 aliphatic carbocycles. The molecule has 0 radical (unpaired) electrons. The molecule has 1 N–H and O–H groups in total. The van der Waals surface area contributed by atoms with Crippen molar-refractivity contribution in [2.45, 2.75) is 33.6 Å². The summed E-state index contributed by atoms with van der Waals surface area (Å²) in [4.78, 5) is 4.77. The number of aromatic nitrogens is 1. The minimum atomic E-state index is 0.912. The Kier molecular flexibility index (Phi) is 3.62. The quantitative estimate of drug-likeness (QED) is 0.857. The van der Waals surface area contributed by atoms with Crippen molar-refractivity contribution >= 4 is 16.7 Å². The molecule has 2 nitrogen and oxygen atoms in total. The van der Waals surface area contributed by atoms with Gasteiger partial charge in [-0.2, -0.15) is 0 Å². The molecule has 0 spiro atoms. The van der Waals surface area contributed by atoms with E-state index >= 15 is 0 Å². The third-order valence-corrected chi connectivity index (χ3v) is 2.98. The summed E-state index contributed by atoms with van der Waals surface area (Å²) >= 11 is 0. The summed E-state index contributed by atoms with van der Waals surface area (Å²) in [7, 11) is 0. The van der Waals surface area contributed by atoms with E-state index in [9.17, 15) is 0 Å². The molecule has 0 aliphatic heterocycles. The molecular formula is C15H20N2. The van der Waals surface area contributed by atoms with Crippen LogP contribution in [0.25, 0.3) is 10.9 Å². The predicted octanol–water partition coefficient (Wildman–Crippen LogP) is 3.93.